The number of carbonyl (C=O) groups is 4. The Morgan fingerprint density at radius 2 is 0.661 bits per heavy atom. The zero-order chi connectivity index (χ0) is 81.7. The molecule has 2 aliphatic carbocycles. The summed E-state index contributed by atoms with van der Waals surface area (Å²) in [7, 11) is 0. The fourth-order valence-electron chi connectivity index (χ4n) is 15.7. The maximum Gasteiger partial charge on any atom is 0.253 e. The van der Waals surface area contributed by atoms with Crippen LogP contribution >= 0.6 is 0 Å². The van der Waals surface area contributed by atoms with Crippen LogP contribution in [-0.2, 0) is 84.5 Å². The molecule has 18 unspecified atom stereocenters. The zero-order valence-electron chi connectivity index (χ0n) is 61.2. The van der Waals surface area contributed by atoms with E-state index in [1.54, 1.807) is 0 Å². The van der Waals surface area contributed by atoms with Gasteiger partial charge < -0.3 is 179 Å². The number of fused-ring (bicyclic) bond motifs is 5. The fourth-order valence-corrected chi connectivity index (χ4v) is 15.7. The summed E-state index contributed by atoms with van der Waals surface area (Å²) < 4.78 is 66.8. The first-order valence-corrected chi connectivity index (χ1v) is 37.8. The number of aliphatic hydroxyl groups is 24. The lowest BCUT2D eigenvalue weighted by Gasteiger charge is -2.42. The van der Waals surface area contributed by atoms with E-state index in [-0.39, 0.29) is 77.4 Å². The van der Waals surface area contributed by atoms with Crippen molar-refractivity contribution in [3.05, 3.63) is 35.8 Å². The minimum Gasteiger partial charge on any atom is -0.472 e. The first-order valence-electron chi connectivity index (χ1n) is 37.8. The third-order valence-corrected chi connectivity index (χ3v) is 22.6. The van der Waals surface area contributed by atoms with Gasteiger partial charge in [0.15, 0.2) is 25.2 Å². The molecule has 9 heterocycles. The lowest BCUT2D eigenvalue weighted by Crippen LogP contribution is -2.59. The summed E-state index contributed by atoms with van der Waals surface area (Å²) in [5.74, 6) is -5.83. The molecule has 2 saturated carbocycles. The van der Waals surface area contributed by atoms with Crippen LogP contribution in [0.2, 0.25) is 0 Å². The molecular formula is C70H112N2O40. The Hall–Kier alpha value is -4.10. The van der Waals surface area contributed by atoms with Crippen molar-refractivity contribution >= 4 is 23.6 Å². The third-order valence-electron chi connectivity index (χ3n) is 22.6. The molecule has 1 aromatic heterocycles. The third kappa shape index (κ3) is 21.1. The van der Waals surface area contributed by atoms with Crippen LogP contribution < -0.4 is 0 Å². The molecule has 0 spiro atoms. The molecule has 24 N–H and O–H groups in total. The van der Waals surface area contributed by atoms with E-state index in [0.717, 1.165) is 12.8 Å². The molecule has 36 atom stereocenters. The Morgan fingerprint density at radius 3 is 1.04 bits per heavy atom. The van der Waals surface area contributed by atoms with Gasteiger partial charge >= 0.3 is 0 Å². The summed E-state index contributed by atoms with van der Waals surface area (Å²) in [6.45, 7) is -2.78. The number of hydrogen-bond donors (Lipinski definition) is 24. The number of ether oxygens (including phenoxy) is 11. The van der Waals surface area contributed by atoms with Gasteiger partial charge in [-0.3, -0.25) is 29.0 Å². The van der Waals surface area contributed by atoms with Crippen LogP contribution in [0.1, 0.15) is 75.3 Å². The van der Waals surface area contributed by atoms with E-state index >= 15 is 0 Å². The van der Waals surface area contributed by atoms with Crippen LogP contribution in [0.3, 0.4) is 0 Å². The van der Waals surface area contributed by atoms with Crippen LogP contribution in [0, 0.1) is 35.5 Å². The second kappa shape index (κ2) is 42.5. The summed E-state index contributed by atoms with van der Waals surface area (Å²) >= 11 is 0. The van der Waals surface area contributed by atoms with E-state index in [1.807, 2.05) is 0 Å². The fraction of sp³-hybridized carbons (Fsp3) is 0.857. The molecule has 2 bridgehead atoms. The maximum atomic E-state index is 13.8. The molecule has 0 radical (unpaired) electrons. The van der Waals surface area contributed by atoms with Crippen molar-refractivity contribution in [2.24, 2.45) is 35.5 Å². The number of rotatable bonds is 34. The minimum absolute atomic E-state index is 0.0146. The second-order valence-corrected chi connectivity index (χ2v) is 29.9. The lowest BCUT2D eigenvalue weighted by molar-refractivity contribution is -0.304. The molecule has 0 aromatic carbocycles. The van der Waals surface area contributed by atoms with Crippen molar-refractivity contribution in [1.29, 1.82) is 0 Å². The van der Waals surface area contributed by atoms with Crippen LogP contribution in [0.15, 0.2) is 29.1 Å². The van der Waals surface area contributed by atoms with Gasteiger partial charge in [-0.1, -0.05) is 25.7 Å². The molecule has 642 valence electrons. The van der Waals surface area contributed by atoms with E-state index < -0.39 is 264 Å². The first kappa shape index (κ1) is 91.8. The van der Waals surface area contributed by atoms with Crippen molar-refractivity contribution < 1.29 is 198 Å². The second-order valence-electron chi connectivity index (χ2n) is 29.9. The highest BCUT2D eigenvalue weighted by atomic mass is 16.7. The normalized spacial score (nSPS) is 42.7. The van der Waals surface area contributed by atoms with Crippen molar-refractivity contribution in [1.82, 2.24) is 9.80 Å². The number of furan rings is 1. The number of aliphatic hydroxyl groups excluding tert-OH is 24. The van der Waals surface area contributed by atoms with Crippen LogP contribution in [-0.4, -0.2) is 419 Å². The topological polar surface area (TPSA) is 675 Å². The summed E-state index contributed by atoms with van der Waals surface area (Å²) in [4.78, 5) is 52.7. The van der Waals surface area contributed by atoms with E-state index in [0.29, 0.717) is 56.2 Å². The van der Waals surface area contributed by atoms with Gasteiger partial charge in [-0.2, -0.15) is 0 Å². The number of likely N-dealkylation sites (tertiary alicyclic amines) is 1. The van der Waals surface area contributed by atoms with Gasteiger partial charge in [-0.15, -0.1) is 0 Å². The van der Waals surface area contributed by atoms with Gasteiger partial charge in [0, 0.05) is 86.5 Å². The molecule has 7 saturated heterocycles. The summed E-state index contributed by atoms with van der Waals surface area (Å²) in [6.07, 6.45) is -29.4. The number of imide groups is 2. The molecule has 10 aliphatic rings. The molecule has 11 rings (SSSR count). The number of nitrogens with zero attached hydrogens (tertiary/aromatic N) is 2. The number of carbonyl (C=O) groups excluding carboxylic acids is 4. The zero-order valence-corrected chi connectivity index (χ0v) is 61.2. The maximum absolute atomic E-state index is 13.8. The highest BCUT2D eigenvalue weighted by molar-refractivity contribution is 6.12. The van der Waals surface area contributed by atoms with Gasteiger partial charge in [-0.25, -0.2) is 0 Å². The molecule has 42 heteroatoms. The molecule has 9 fully saturated rings. The molecule has 112 heavy (non-hydrogen) atoms. The van der Waals surface area contributed by atoms with Gasteiger partial charge in [0.1, 0.15) is 122 Å². The largest absolute Gasteiger partial charge is 0.472 e. The van der Waals surface area contributed by atoms with Crippen molar-refractivity contribution in [3.63, 3.8) is 0 Å². The van der Waals surface area contributed by atoms with Crippen molar-refractivity contribution in [2.45, 2.75) is 261 Å². The average Bonchev–Trinajstić information content (AvgIpc) is 1.54. The Morgan fingerprint density at radius 1 is 0.330 bits per heavy atom. The summed E-state index contributed by atoms with van der Waals surface area (Å²) in [5, 5.41) is 237. The van der Waals surface area contributed by atoms with Gasteiger partial charge in [0.2, 0.25) is 11.8 Å². The van der Waals surface area contributed by atoms with E-state index in [2.05, 4.69) is 0 Å². The number of hydrogen-bond acceptors (Lipinski definition) is 40. The SMILES string of the molecule is O=C1C2C3OC(C(CO[C@@H]4CC(CO)[C@H](O)[C@H](O)C4O)C3CO[C@@H]3OC(CO)[C@H](O)[C@H](O)C3O)C2C(=O)N1CCCCCCO[C@@H]1OC(CO)[C@H](O)[C@H](O)C1O.O=C1C=CC(=O)N1CCCCCCO[C@@H]1OC(CO)[C@H](O)[C@H](O)C1O.OCC1C[C@@H](OCc2cocc2CO[C@@H]2OC(CO)[C@H](O)[C@H](O)C2O)C(O)[C@@H](O)[C@H]1O. The van der Waals surface area contributed by atoms with Crippen molar-refractivity contribution in [3.8, 4) is 0 Å². The lowest BCUT2D eigenvalue weighted by atomic mass is 9.69. The van der Waals surface area contributed by atoms with Crippen molar-refractivity contribution in [2.75, 3.05) is 79.2 Å². The minimum atomic E-state index is -1.70. The quantitative estimate of drug-likeness (QED) is 0.0225. The predicted molar refractivity (Wildman–Crippen MR) is 363 cm³/mol. The van der Waals surface area contributed by atoms with Gasteiger partial charge in [0.25, 0.3) is 11.8 Å². The number of amides is 4. The van der Waals surface area contributed by atoms with Gasteiger partial charge in [-0.05, 0) is 38.5 Å². The molecule has 4 amide bonds. The van der Waals surface area contributed by atoms with E-state index in [1.165, 1.54) is 34.5 Å². The van der Waals surface area contributed by atoms with Crippen LogP contribution in [0.4, 0.5) is 0 Å². The predicted octanol–water partition coefficient (Wildman–Crippen LogP) is -11.9. The standard InChI is InChI=1S/C35H57NO20.C19H30O12.C16H25NO8/c37-8-13-7-16(22(41)25(44)21(13)40)52-11-14-15(12-53-35-29(48)27(46)24(43)18(10-39)55-35)31-20-19(30(14)56-31)32(49)36(33(20)50)5-3-1-2-4-6-51-34-28(47)26(45)23(42)17(9-38)54-34;20-2-8-1-11(14(23)16(25)13(8)22)29-6-9-4-28-5-10(9)7-30-19-18(27)17(26)15(24)12(3-21)31-19;18-9-10-13(21)14(22)15(23)16(25-10)24-8-4-2-1-3-7-17-11(19)5-6-12(17)20/h13-31,34-35,37-48H,1-12H2;4-5,8,11-27H,1-3,6-7H2;5-6,10,13-16,18,21-23H,1-4,7-9H2/t13?,14?,15?,16-,17?,18?,19?,20?,21+,22?,23+,24+,25+,26+,27+,28?,29?,30?,31?,34-,35-;8?,11-,12?,13+,14?,15+,16+,17+,18?,19-;10?,13-,14-,15?,16+/m110/s1. The Balaban J connectivity index is 0.000000215. The Kier molecular flexibility index (Phi) is 34.9. The average molecular weight is 1620 g/mol. The monoisotopic (exact) mass is 1620 g/mol. The van der Waals surface area contributed by atoms with Gasteiger partial charge in [0.05, 0.1) is 114 Å². The highest BCUT2D eigenvalue weighted by Crippen LogP contribution is 2.55. The number of unbranched alkanes of at least 4 members (excludes halogenated alkanes) is 6. The summed E-state index contributed by atoms with van der Waals surface area (Å²) in [6, 6.07) is 0. The Labute approximate surface area is 641 Å². The van der Waals surface area contributed by atoms with E-state index in [4.69, 9.17) is 61.6 Å². The highest BCUT2D eigenvalue weighted by Gasteiger charge is 2.69. The molecule has 8 aliphatic heterocycles. The van der Waals surface area contributed by atoms with Crippen LogP contribution in [0.25, 0.3) is 0 Å². The summed E-state index contributed by atoms with van der Waals surface area (Å²) in [5.41, 5.74) is 1.06. The molecule has 42 nitrogen and oxygen atoms in total. The first-order chi connectivity index (χ1) is 53.5. The van der Waals surface area contributed by atoms with Crippen LogP contribution in [0.5, 0.6) is 0 Å². The van der Waals surface area contributed by atoms with E-state index in [9.17, 15) is 137 Å². The molecule has 1 aromatic rings. The Bertz CT molecular complexity index is 2940. The molecular weight excluding hydrogens is 1510 g/mol. The smallest absolute Gasteiger partial charge is 0.253 e.